The van der Waals surface area contributed by atoms with Gasteiger partial charge in [-0.25, -0.2) is 4.39 Å². The van der Waals surface area contributed by atoms with Crippen molar-refractivity contribution in [1.29, 1.82) is 0 Å². The predicted octanol–water partition coefficient (Wildman–Crippen LogP) is 3.10. The second-order valence-electron chi connectivity index (χ2n) is 5.05. The summed E-state index contributed by atoms with van der Waals surface area (Å²) in [6.07, 6.45) is 0.689. The summed E-state index contributed by atoms with van der Waals surface area (Å²) in [7, 11) is 1.90. The van der Waals surface area contributed by atoms with E-state index in [2.05, 4.69) is 5.32 Å². The molecule has 21 heavy (non-hydrogen) atoms. The van der Waals surface area contributed by atoms with Gasteiger partial charge in [-0.05, 0) is 37.2 Å². The molecule has 1 N–H and O–H groups in total. The number of benzene rings is 2. The van der Waals surface area contributed by atoms with Gasteiger partial charge in [-0.3, -0.25) is 0 Å². The lowest BCUT2D eigenvalue weighted by atomic mass is 9.97. The van der Waals surface area contributed by atoms with E-state index in [9.17, 15) is 4.39 Å². The van der Waals surface area contributed by atoms with Gasteiger partial charge in [-0.2, -0.15) is 0 Å². The zero-order chi connectivity index (χ0) is 14.7. The molecule has 1 aliphatic rings. The summed E-state index contributed by atoms with van der Waals surface area (Å²) < 4.78 is 24.7. The van der Waals surface area contributed by atoms with Crippen molar-refractivity contribution in [1.82, 2.24) is 5.32 Å². The molecular formula is C17H18FNO2. The van der Waals surface area contributed by atoms with Crippen molar-refractivity contribution < 1.29 is 13.9 Å². The van der Waals surface area contributed by atoms with Crippen molar-refractivity contribution in [3.05, 3.63) is 59.4 Å². The Kier molecular flexibility index (Phi) is 4.06. The highest BCUT2D eigenvalue weighted by atomic mass is 19.1. The molecule has 0 aromatic heterocycles. The van der Waals surface area contributed by atoms with E-state index >= 15 is 0 Å². The van der Waals surface area contributed by atoms with Crippen LogP contribution in [-0.2, 0) is 6.42 Å². The first-order chi connectivity index (χ1) is 10.3. The summed E-state index contributed by atoms with van der Waals surface area (Å²) in [6.45, 7) is 1.13. The fourth-order valence-electron chi connectivity index (χ4n) is 2.64. The van der Waals surface area contributed by atoms with Gasteiger partial charge in [0, 0.05) is 11.6 Å². The molecule has 0 bridgehead atoms. The first-order valence-corrected chi connectivity index (χ1v) is 7.08. The summed E-state index contributed by atoms with van der Waals surface area (Å²) in [5.41, 5.74) is 1.99. The fourth-order valence-corrected chi connectivity index (χ4v) is 2.64. The molecule has 1 heterocycles. The highest BCUT2D eigenvalue weighted by molar-refractivity contribution is 5.49. The predicted molar refractivity (Wildman–Crippen MR) is 79.3 cm³/mol. The maximum atomic E-state index is 13.3. The van der Waals surface area contributed by atoms with E-state index in [0.717, 1.165) is 22.6 Å². The van der Waals surface area contributed by atoms with E-state index in [-0.39, 0.29) is 11.9 Å². The SMILES string of the molecule is CNC(Cc1cccc(F)c1)c1cccc2c1OCCO2. The molecule has 2 aromatic carbocycles. The number of hydrogen-bond acceptors (Lipinski definition) is 3. The van der Waals surface area contributed by atoms with Crippen LogP contribution in [0.25, 0.3) is 0 Å². The van der Waals surface area contributed by atoms with Gasteiger partial charge in [0.05, 0.1) is 0 Å². The standard InChI is InChI=1S/C17H18FNO2/c1-19-15(11-12-4-2-5-13(18)10-12)14-6-3-7-16-17(14)21-9-8-20-16/h2-7,10,15,19H,8-9,11H2,1H3. The third kappa shape index (κ3) is 3.00. The maximum absolute atomic E-state index is 13.3. The highest BCUT2D eigenvalue weighted by Gasteiger charge is 2.21. The van der Waals surface area contributed by atoms with Crippen molar-refractivity contribution in [2.45, 2.75) is 12.5 Å². The Morgan fingerprint density at radius 2 is 1.95 bits per heavy atom. The minimum atomic E-state index is -0.211. The van der Waals surface area contributed by atoms with Gasteiger partial charge in [-0.1, -0.05) is 24.3 Å². The zero-order valence-corrected chi connectivity index (χ0v) is 11.9. The third-order valence-electron chi connectivity index (χ3n) is 3.65. The second kappa shape index (κ2) is 6.14. The number of rotatable bonds is 4. The van der Waals surface area contributed by atoms with E-state index in [1.165, 1.54) is 6.07 Å². The molecule has 3 nitrogen and oxygen atoms in total. The molecule has 0 fully saturated rings. The number of fused-ring (bicyclic) bond motifs is 1. The Morgan fingerprint density at radius 1 is 1.14 bits per heavy atom. The summed E-state index contributed by atoms with van der Waals surface area (Å²) in [4.78, 5) is 0. The van der Waals surface area contributed by atoms with Gasteiger partial charge < -0.3 is 14.8 Å². The quantitative estimate of drug-likeness (QED) is 0.937. The zero-order valence-electron chi connectivity index (χ0n) is 11.9. The van der Waals surface area contributed by atoms with Crippen LogP contribution in [0.2, 0.25) is 0 Å². The van der Waals surface area contributed by atoms with Crippen molar-refractivity contribution in [2.75, 3.05) is 20.3 Å². The molecule has 1 unspecified atom stereocenters. The average Bonchev–Trinajstić information content (AvgIpc) is 2.52. The third-order valence-corrected chi connectivity index (χ3v) is 3.65. The minimum Gasteiger partial charge on any atom is -0.486 e. The minimum absolute atomic E-state index is 0.0449. The lowest BCUT2D eigenvalue weighted by Crippen LogP contribution is -2.23. The van der Waals surface area contributed by atoms with E-state index in [1.54, 1.807) is 12.1 Å². The summed E-state index contributed by atoms with van der Waals surface area (Å²) >= 11 is 0. The number of ether oxygens (including phenoxy) is 2. The maximum Gasteiger partial charge on any atom is 0.166 e. The Labute approximate surface area is 123 Å². The van der Waals surface area contributed by atoms with Crippen LogP contribution in [0.15, 0.2) is 42.5 Å². The van der Waals surface area contributed by atoms with Crippen LogP contribution in [0, 0.1) is 5.82 Å². The summed E-state index contributed by atoms with van der Waals surface area (Å²) in [5.74, 6) is 1.36. The highest BCUT2D eigenvalue weighted by Crippen LogP contribution is 2.37. The molecule has 0 saturated heterocycles. The molecule has 0 spiro atoms. The smallest absolute Gasteiger partial charge is 0.166 e. The van der Waals surface area contributed by atoms with Crippen molar-refractivity contribution >= 4 is 0 Å². The molecule has 0 saturated carbocycles. The molecule has 3 rings (SSSR count). The van der Waals surface area contributed by atoms with Crippen LogP contribution in [-0.4, -0.2) is 20.3 Å². The molecule has 1 atom stereocenters. The van der Waals surface area contributed by atoms with Gasteiger partial charge in [0.1, 0.15) is 19.0 Å². The molecule has 2 aromatic rings. The Balaban J connectivity index is 1.90. The van der Waals surface area contributed by atoms with Crippen molar-refractivity contribution in [2.24, 2.45) is 0 Å². The van der Waals surface area contributed by atoms with Gasteiger partial charge in [-0.15, -0.1) is 0 Å². The number of para-hydroxylation sites is 1. The van der Waals surface area contributed by atoms with Gasteiger partial charge >= 0.3 is 0 Å². The van der Waals surface area contributed by atoms with Crippen LogP contribution in [0.3, 0.4) is 0 Å². The van der Waals surface area contributed by atoms with E-state index in [4.69, 9.17) is 9.47 Å². The van der Waals surface area contributed by atoms with E-state index < -0.39 is 0 Å². The lowest BCUT2D eigenvalue weighted by Gasteiger charge is -2.25. The van der Waals surface area contributed by atoms with Crippen molar-refractivity contribution in [3.63, 3.8) is 0 Å². The second-order valence-corrected chi connectivity index (χ2v) is 5.05. The molecule has 110 valence electrons. The summed E-state index contributed by atoms with van der Waals surface area (Å²) in [5, 5.41) is 3.28. The van der Waals surface area contributed by atoms with Crippen molar-refractivity contribution in [3.8, 4) is 11.5 Å². The van der Waals surface area contributed by atoms with Crippen LogP contribution in [0.5, 0.6) is 11.5 Å². The average molecular weight is 287 g/mol. The topological polar surface area (TPSA) is 30.5 Å². The molecule has 0 aliphatic carbocycles. The first kappa shape index (κ1) is 13.9. The number of hydrogen-bond donors (Lipinski definition) is 1. The molecule has 4 heteroatoms. The number of halogens is 1. The molecule has 0 radical (unpaired) electrons. The van der Waals surface area contributed by atoms with Crippen LogP contribution in [0.4, 0.5) is 4.39 Å². The van der Waals surface area contributed by atoms with Gasteiger partial charge in [0.15, 0.2) is 11.5 Å². The number of likely N-dealkylation sites (N-methyl/N-ethyl adjacent to an activating group) is 1. The molecule has 0 amide bonds. The van der Waals surface area contributed by atoms with Gasteiger partial charge in [0.2, 0.25) is 0 Å². The van der Waals surface area contributed by atoms with E-state index in [0.29, 0.717) is 19.6 Å². The van der Waals surface area contributed by atoms with Crippen LogP contribution in [0.1, 0.15) is 17.2 Å². The van der Waals surface area contributed by atoms with E-state index in [1.807, 2.05) is 31.3 Å². The van der Waals surface area contributed by atoms with Crippen LogP contribution < -0.4 is 14.8 Å². The van der Waals surface area contributed by atoms with Crippen LogP contribution >= 0.6 is 0 Å². The number of nitrogens with one attached hydrogen (secondary N) is 1. The lowest BCUT2D eigenvalue weighted by molar-refractivity contribution is 0.168. The molecule has 1 aliphatic heterocycles. The summed E-state index contributed by atoms with van der Waals surface area (Å²) in [6, 6.07) is 12.6. The van der Waals surface area contributed by atoms with Gasteiger partial charge in [0.25, 0.3) is 0 Å². The fraction of sp³-hybridized carbons (Fsp3) is 0.294. The Bertz CT molecular complexity index is 630. The first-order valence-electron chi connectivity index (χ1n) is 7.08. The molecular weight excluding hydrogens is 269 g/mol. The Morgan fingerprint density at radius 3 is 2.76 bits per heavy atom. The Hall–Kier alpha value is -2.07. The monoisotopic (exact) mass is 287 g/mol. The largest absolute Gasteiger partial charge is 0.486 e. The normalized spacial score (nSPS) is 14.8.